The molecule has 2 amide bonds. The second-order valence-electron chi connectivity index (χ2n) is 4.66. The van der Waals surface area contributed by atoms with Crippen LogP contribution in [0.2, 0.25) is 0 Å². The summed E-state index contributed by atoms with van der Waals surface area (Å²) in [5.41, 5.74) is 0. The molecule has 1 heterocycles. The summed E-state index contributed by atoms with van der Waals surface area (Å²) in [4.78, 5) is 37.9. The molecular formula is C11H20N3O5S+. The highest BCUT2D eigenvalue weighted by Gasteiger charge is 2.42. The number of nitrogens with zero attached hydrogens (tertiary/aromatic N) is 1. The number of nitrogens with one attached hydrogen (secondary N) is 2. The van der Waals surface area contributed by atoms with Crippen molar-refractivity contribution >= 4 is 22.0 Å². The molecule has 0 spiro atoms. The minimum absolute atomic E-state index is 0.114. The highest BCUT2D eigenvalue weighted by Crippen LogP contribution is 2.08. The van der Waals surface area contributed by atoms with Gasteiger partial charge in [0, 0.05) is 0 Å². The molecular weight excluding hydrogens is 286 g/mol. The Balaban J connectivity index is 2.48. The third-order valence-electron chi connectivity index (χ3n) is 2.98. The molecule has 0 aromatic rings. The monoisotopic (exact) mass is 306 g/mol. The van der Waals surface area contributed by atoms with Crippen molar-refractivity contribution < 1.29 is 19.5 Å². The fraction of sp³-hybridized carbons (Fsp3) is 0.818. The second kappa shape index (κ2) is 7.93. The molecule has 1 unspecified atom stereocenters. The maximum Gasteiger partial charge on any atom is 0.429 e. The molecule has 3 atom stereocenters. The van der Waals surface area contributed by atoms with Crippen molar-refractivity contribution in [3.05, 3.63) is 10.1 Å². The molecule has 2 N–H and O–H groups in total. The van der Waals surface area contributed by atoms with Crippen LogP contribution < -0.4 is 10.6 Å². The van der Waals surface area contributed by atoms with E-state index in [0.717, 1.165) is 12.8 Å². The predicted molar refractivity (Wildman–Crippen MR) is 74.9 cm³/mol. The minimum Gasteiger partial charge on any atom is -0.349 e. The third-order valence-corrected chi connectivity index (χ3v) is 4.56. The van der Waals surface area contributed by atoms with E-state index in [1.165, 1.54) is 0 Å². The standard InChI is InChI=1S/C11H19N3O5S/c1-3-4-5-8(6-19-14(17)18)12-10(15)9-7-20(2)11(16)13-9/h8-9H,3-7H2,1-2H3,(H-,12,13,15,16)/p+1/t8-,9-,20?/m0/s1. The molecule has 0 aromatic heterocycles. The summed E-state index contributed by atoms with van der Waals surface area (Å²) in [7, 11) is -0.450. The van der Waals surface area contributed by atoms with Gasteiger partial charge in [-0.25, -0.2) is 4.79 Å². The normalized spacial score (nSPS) is 23.0. The predicted octanol–water partition coefficient (Wildman–Crippen LogP) is 0.210. The second-order valence-corrected chi connectivity index (χ2v) is 6.63. The summed E-state index contributed by atoms with van der Waals surface area (Å²) in [6, 6.07) is -0.959. The summed E-state index contributed by atoms with van der Waals surface area (Å²) >= 11 is 0. The largest absolute Gasteiger partial charge is 0.429 e. The van der Waals surface area contributed by atoms with Crippen LogP contribution in [0.1, 0.15) is 26.2 Å². The molecule has 20 heavy (non-hydrogen) atoms. The Bertz CT molecular complexity index is 379. The van der Waals surface area contributed by atoms with Crippen molar-refractivity contribution in [2.24, 2.45) is 0 Å². The van der Waals surface area contributed by atoms with Crippen LogP contribution in [0.4, 0.5) is 4.79 Å². The number of amides is 2. The summed E-state index contributed by atoms with van der Waals surface area (Å²) < 4.78 is 0. The zero-order valence-electron chi connectivity index (χ0n) is 11.6. The lowest BCUT2D eigenvalue weighted by molar-refractivity contribution is -0.758. The summed E-state index contributed by atoms with van der Waals surface area (Å²) in [5, 5.41) is 14.6. The van der Waals surface area contributed by atoms with Gasteiger partial charge in [-0.2, -0.15) is 0 Å². The van der Waals surface area contributed by atoms with E-state index in [4.69, 9.17) is 0 Å². The Morgan fingerprint density at radius 1 is 1.70 bits per heavy atom. The van der Waals surface area contributed by atoms with Crippen LogP contribution in [0.5, 0.6) is 0 Å². The molecule has 0 aromatic carbocycles. The van der Waals surface area contributed by atoms with Crippen LogP contribution in [0, 0.1) is 10.1 Å². The van der Waals surface area contributed by atoms with E-state index in [1.54, 1.807) is 6.26 Å². The molecule has 9 heteroatoms. The van der Waals surface area contributed by atoms with Crippen molar-refractivity contribution in [1.29, 1.82) is 0 Å². The van der Waals surface area contributed by atoms with E-state index in [9.17, 15) is 19.7 Å². The average Bonchev–Trinajstić information content (AvgIpc) is 2.72. The first kappa shape index (κ1) is 16.5. The first-order valence-corrected chi connectivity index (χ1v) is 8.25. The van der Waals surface area contributed by atoms with Gasteiger partial charge in [-0.05, 0) is 6.42 Å². The van der Waals surface area contributed by atoms with E-state index in [0.29, 0.717) is 12.2 Å². The Hall–Kier alpha value is -1.51. The van der Waals surface area contributed by atoms with Gasteiger partial charge in [0.1, 0.15) is 18.6 Å². The maximum atomic E-state index is 12.0. The highest BCUT2D eigenvalue weighted by molar-refractivity contribution is 8.10. The number of unbranched alkanes of at least 4 members (excludes halogenated alkanes) is 1. The molecule has 1 saturated heterocycles. The van der Waals surface area contributed by atoms with Gasteiger partial charge in [0.15, 0.2) is 6.04 Å². The van der Waals surface area contributed by atoms with E-state index < -0.39 is 28.1 Å². The van der Waals surface area contributed by atoms with E-state index in [-0.39, 0.29) is 17.8 Å². The molecule has 1 fully saturated rings. The van der Waals surface area contributed by atoms with Gasteiger partial charge in [-0.15, -0.1) is 10.1 Å². The molecule has 0 bridgehead atoms. The Morgan fingerprint density at radius 3 is 2.90 bits per heavy atom. The van der Waals surface area contributed by atoms with Crippen molar-refractivity contribution in [1.82, 2.24) is 10.6 Å². The number of carbonyl (C=O) groups excluding carboxylic acids is 2. The van der Waals surface area contributed by atoms with Crippen LogP contribution in [0.3, 0.4) is 0 Å². The topological polar surface area (TPSA) is 111 Å². The van der Waals surface area contributed by atoms with E-state index in [2.05, 4.69) is 15.5 Å². The number of hydrogen-bond donors (Lipinski definition) is 2. The summed E-state index contributed by atoms with van der Waals surface area (Å²) in [6.45, 7) is 1.82. The van der Waals surface area contributed by atoms with Gasteiger partial charge in [0.25, 0.3) is 5.09 Å². The highest BCUT2D eigenvalue weighted by atomic mass is 32.2. The number of rotatable bonds is 8. The van der Waals surface area contributed by atoms with Gasteiger partial charge in [0.05, 0.1) is 16.9 Å². The van der Waals surface area contributed by atoms with Crippen LogP contribution >= 0.6 is 0 Å². The zero-order valence-corrected chi connectivity index (χ0v) is 12.4. The van der Waals surface area contributed by atoms with E-state index in [1.807, 2.05) is 6.92 Å². The van der Waals surface area contributed by atoms with Gasteiger partial charge in [-0.1, -0.05) is 19.8 Å². The van der Waals surface area contributed by atoms with Crippen LogP contribution in [-0.2, 0) is 20.5 Å². The van der Waals surface area contributed by atoms with Crippen molar-refractivity contribution in [3.63, 3.8) is 0 Å². The van der Waals surface area contributed by atoms with E-state index >= 15 is 0 Å². The van der Waals surface area contributed by atoms with Crippen molar-refractivity contribution in [3.8, 4) is 0 Å². The van der Waals surface area contributed by atoms with Gasteiger partial charge < -0.3 is 10.2 Å². The Kier molecular flexibility index (Phi) is 6.56. The SMILES string of the molecule is CCCC[C@@H](CO[N+](=O)[O-])NC(=O)[C@@H]1C[S+](C)C(=O)N1. The molecule has 1 aliphatic rings. The summed E-state index contributed by atoms with van der Waals surface area (Å²) in [5.74, 6) is 0.171. The minimum atomic E-state index is -0.869. The fourth-order valence-electron chi connectivity index (χ4n) is 1.85. The van der Waals surface area contributed by atoms with Gasteiger partial charge >= 0.3 is 5.24 Å². The Labute approximate surface area is 120 Å². The molecule has 1 aliphatic heterocycles. The molecule has 114 valence electrons. The fourth-order valence-corrected chi connectivity index (χ4v) is 3.08. The van der Waals surface area contributed by atoms with Gasteiger partial charge in [0.2, 0.25) is 5.91 Å². The van der Waals surface area contributed by atoms with Gasteiger partial charge in [-0.3, -0.25) is 10.1 Å². The lowest BCUT2D eigenvalue weighted by Crippen LogP contribution is -2.48. The lowest BCUT2D eigenvalue weighted by Gasteiger charge is -2.18. The summed E-state index contributed by atoms with van der Waals surface area (Å²) in [6.07, 6.45) is 4.15. The molecule has 8 nitrogen and oxygen atoms in total. The zero-order chi connectivity index (χ0) is 15.1. The maximum absolute atomic E-state index is 12.0. The Morgan fingerprint density at radius 2 is 2.40 bits per heavy atom. The smallest absolute Gasteiger partial charge is 0.349 e. The molecule has 0 saturated carbocycles. The quantitative estimate of drug-likeness (QED) is 0.378. The molecule has 0 radical (unpaired) electrons. The lowest BCUT2D eigenvalue weighted by atomic mass is 10.1. The van der Waals surface area contributed by atoms with Crippen molar-refractivity contribution in [2.45, 2.75) is 38.3 Å². The first-order valence-electron chi connectivity index (χ1n) is 6.44. The average molecular weight is 306 g/mol. The first-order chi connectivity index (χ1) is 9.43. The third kappa shape index (κ3) is 5.24. The van der Waals surface area contributed by atoms with Crippen molar-refractivity contribution in [2.75, 3.05) is 18.6 Å². The molecule has 0 aliphatic carbocycles. The van der Waals surface area contributed by atoms with Crippen LogP contribution in [-0.4, -0.2) is 46.9 Å². The van der Waals surface area contributed by atoms with Crippen LogP contribution in [0.25, 0.3) is 0 Å². The van der Waals surface area contributed by atoms with Crippen LogP contribution in [0.15, 0.2) is 0 Å². The number of hydrogen-bond acceptors (Lipinski definition) is 5. The molecule has 1 rings (SSSR count). The number of carbonyl (C=O) groups is 2.